The summed E-state index contributed by atoms with van der Waals surface area (Å²) in [4.78, 5) is 14.0. The Morgan fingerprint density at radius 2 is 1.90 bits per heavy atom. The summed E-state index contributed by atoms with van der Waals surface area (Å²) in [5.41, 5.74) is -0.921. The summed E-state index contributed by atoms with van der Waals surface area (Å²) in [6.07, 6.45) is 1.67. The molecule has 4 bridgehead atoms. The molecule has 1 N–H and O–H groups in total. The first-order chi connectivity index (χ1) is 13.5. The lowest BCUT2D eigenvalue weighted by Crippen LogP contribution is -2.88. The van der Waals surface area contributed by atoms with Crippen LogP contribution in [0.3, 0.4) is 0 Å². The molecule has 4 heterocycles. The minimum Gasteiger partial charge on any atom is -0.387 e. The van der Waals surface area contributed by atoms with Crippen LogP contribution in [-0.4, -0.2) is 53.5 Å². The second-order valence-corrected chi connectivity index (χ2v) is 11.8. The highest BCUT2D eigenvalue weighted by Gasteiger charge is 2.91. The molecule has 29 heavy (non-hydrogen) atoms. The number of carbonyl (C=O) groups is 1. The minimum absolute atomic E-state index is 0.0100. The van der Waals surface area contributed by atoms with Gasteiger partial charge in [0.05, 0.1) is 24.9 Å². The molecule has 8 aliphatic rings. The zero-order valence-electron chi connectivity index (χ0n) is 17.6. The van der Waals surface area contributed by atoms with Crippen LogP contribution in [0.2, 0.25) is 0 Å². The van der Waals surface area contributed by atoms with Crippen LogP contribution in [0, 0.1) is 34.0 Å². The third-order valence-electron chi connectivity index (χ3n) is 9.78. The second-order valence-electron chi connectivity index (χ2n) is 11.8. The summed E-state index contributed by atoms with van der Waals surface area (Å²) in [6.45, 7) is 12.8. The number of hydrogen-bond donors (Lipinski definition) is 1. The number of rotatable bonds is 0. The number of fused-ring (bicyclic) bond motifs is 2. The molecule has 0 aromatic rings. The number of carbonyl (C=O) groups excluding carboxylic acids is 1. The lowest BCUT2D eigenvalue weighted by Gasteiger charge is -2.76. The lowest BCUT2D eigenvalue weighted by atomic mass is 9.36. The molecule has 8 rings (SSSR count). The van der Waals surface area contributed by atoms with E-state index in [0.29, 0.717) is 12.2 Å². The van der Waals surface area contributed by atoms with Crippen LogP contribution in [0.15, 0.2) is 12.2 Å². The Bertz CT molecular complexity index is 879. The van der Waals surface area contributed by atoms with Gasteiger partial charge in [-0.1, -0.05) is 20.4 Å². The third-order valence-corrected chi connectivity index (χ3v) is 9.78. The fourth-order valence-electron chi connectivity index (χ4n) is 9.29. The van der Waals surface area contributed by atoms with Crippen molar-refractivity contribution < 1.29 is 28.8 Å². The number of ketones is 1. The summed E-state index contributed by atoms with van der Waals surface area (Å²) in [5, 5.41) is 12.0. The Labute approximate surface area is 170 Å². The molecule has 4 saturated carbocycles. The Hall–Kier alpha value is -0.790. The van der Waals surface area contributed by atoms with Crippen LogP contribution in [0.4, 0.5) is 0 Å². The fourth-order valence-corrected chi connectivity index (χ4v) is 9.29. The number of ether oxygens (including phenoxy) is 4. The van der Waals surface area contributed by atoms with E-state index in [9.17, 15) is 9.90 Å². The quantitative estimate of drug-likeness (QED) is 0.494. The molecule has 4 saturated heterocycles. The van der Waals surface area contributed by atoms with Crippen molar-refractivity contribution in [3.05, 3.63) is 12.2 Å². The summed E-state index contributed by atoms with van der Waals surface area (Å²) < 4.78 is 25.8. The molecule has 6 heteroatoms. The Kier molecular flexibility index (Phi) is 2.79. The van der Waals surface area contributed by atoms with Crippen molar-refractivity contribution >= 4 is 5.78 Å². The van der Waals surface area contributed by atoms with Crippen LogP contribution >= 0.6 is 0 Å². The zero-order valence-corrected chi connectivity index (χ0v) is 17.6. The van der Waals surface area contributed by atoms with Crippen molar-refractivity contribution in [2.24, 2.45) is 34.0 Å². The van der Waals surface area contributed by atoms with Gasteiger partial charge in [0.25, 0.3) is 0 Å². The summed E-state index contributed by atoms with van der Waals surface area (Å²) in [6, 6.07) is 0. The molecule has 0 aromatic carbocycles. The Morgan fingerprint density at radius 3 is 2.66 bits per heavy atom. The van der Waals surface area contributed by atoms with E-state index in [0.717, 1.165) is 19.3 Å². The van der Waals surface area contributed by atoms with Gasteiger partial charge in [-0.3, -0.25) is 4.79 Å². The van der Waals surface area contributed by atoms with Gasteiger partial charge >= 0.3 is 0 Å². The topological polar surface area (TPSA) is 77.5 Å². The molecule has 4 aliphatic heterocycles. The van der Waals surface area contributed by atoms with Crippen molar-refractivity contribution in [1.82, 2.24) is 0 Å². The second kappa shape index (κ2) is 4.53. The standard InChI is InChI=1S/C23H30O6/c1-10-11-6-7-13-21-9-26-23(16(25)14(21)19(2,3)8-12-18(21)27-12)22(13,15(10)24)17(11)28-20(4,5)29-23/h11-14,16-18,25H,1,6-9H2,2-5H3/t11-,12+,13-,14+,16-,17+,18+,21-,22-,23+/m0/s1. The van der Waals surface area contributed by atoms with Crippen molar-refractivity contribution in [3.8, 4) is 0 Å². The van der Waals surface area contributed by atoms with Crippen LogP contribution < -0.4 is 0 Å². The van der Waals surface area contributed by atoms with Gasteiger partial charge in [0.2, 0.25) is 5.79 Å². The van der Waals surface area contributed by atoms with E-state index in [1.807, 2.05) is 13.8 Å². The van der Waals surface area contributed by atoms with E-state index < -0.39 is 23.1 Å². The van der Waals surface area contributed by atoms with Gasteiger partial charge in [-0.05, 0) is 50.0 Å². The van der Waals surface area contributed by atoms with E-state index in [1.54, 1.807) is 0 Å². The van der Waals surface area contributed by atoms with Gasteiger partial charge in [0, 0.05) is 17.3 Å². The number of Topliss-reactive ketones (excluding diaryl/α,β-unsaturated/α-hetero) is 1. The first-order valence-electron chi connectivity index (χ1n) is 11.1. The van der Waals surface area contributed by atoms with E-state index >= 15 is 0 Å². The van der Waals surface area contributed by atoms with E-state index in [4.69, 9.17) is 18.9 Å². The number of aliphatic hydroxyl groups excluding tert-OH is 1. The Balaban J connectivity index is 1.55. The maximum atomic E-state index is 14.0. The van der Waals surface area contributed by atoms with E-state index in [2.05, 4.69) is 20.4 Å². The molecule has 0 aromatic heterocycles. The third kappa shape index (κ3) is 1.53. The van der Waals surface area contributed by atoms with Crippen molar-refractivity contribution in [2.45, 2.75) is 82.9 Å². The van der Waals surface area contributed by atoms with E-state index in [1.165, 1.54) is 0 Å². The highest BCUT2D eigenvalue weighted by atomic mass is 16.8. The molecule has 0 amide bonds. The molecular formula is C23H30O6. The maximum absolute atomic E-state index is 14.0. The van der Waals surface area contributed by atoms with Gasteiger partial charge in [-0.2, -0.15) is 0 Å². The van der Waals surface area contributed by atoms with Crippen molar-refractivity contribution in [2.75, 3.05) is 6.61 Å². The normalized spacial score (nSPS) is 62.3. The molecule has 0 radical (unpaired) electrons. The molecule has 0 unspecified atom stereocenters. The maximum Gasteiger partial charge on any atom is 0.213 e. The van der Waals surface area contributed by atoms with Gasteiger partial charge in [0.1, 0.15) is 11.5 Å². The summed E-state index contributed by atoms with van der Waals surface area (Å²) in [7, 11) is 0. The monoisotopic (exact) mass is 402 g/mol. The minimum atomic E-state index is -1.38. The highest BCUT2D eigenvalue weighted by Crippen LogP contribution is 2.81. The number of aliphatic hydroxyl groups is 1. The SMILES string of the molecule is C=C1C(=O)[C@@]23[C@@H]4OC(C)(C)O[C@@]25OC[C@]2([C@@H]6O[C@@H]6CC(C)(C)[C@H]2[C@@H]5O)[C@@H]3CC[C@@H]14. The van der Waals surface area contributed by atoms with Gasteiger partial charge in [-0.15, -0.1) is 0 Å². The fraction of sp³-hybridized carbons (Fsp3) is 0.870. The van der Waals surface area contributed by atoms with Gasteiger partial charge in [0.15, 0.2) is 11.6 Å². The summed E-state index contributed by atoms with van der Waals surface area (Å²) >= 11 is 0. The van der Waals surface area contributed by atoms with Gasteiger partial charge < -0.3 is 24.1 Å². The highest BCUT2D eigenvalue weighted by molar-refractivity contribution is 6.05. The largest absolute Gasteiger partial charge is 0.387 e. The average Bonchev–Trinajstić information content (AvgIpc) is 3.37. The molecule has 10 atom stereocenters. The predicted octanol–water partition coefficient (Wildman–Crippen LogP) is 2.19. The molecular weight excluding hydrogens is 372 g/mol. The van der Waals surface area contributed by atoms with E-state index in [-0.39, 0.29) is 52.7 Å². The smallest absolute Gasteiger partial charge is 0.213 e. The zero-order chi connectivity index (χ0) is 20.4. The Morgan fingerprint density at radius 1 is 1.14 bits per heavy atom. The number of epoxide rings is 1. The van der Waals surface area contributed by atoms with Crippen molar-refractivity contribution in [3.63, 3.8) is 0 Å². The van der Waals surface area contributed by atoms with Crippen LogP contribution in [0.25, 0.3) is 0 Å². The molecule has 8 fully saturated rings. The first kappa shape index (κ1) is 17.8. The van der Waals surface area contributed by atoms with Crippen LogP contribution in [0.5, 0.6) is 0 Å². The van der Waals surface area contributed by atoms with Crippen LogP contribution in [-0.2, 0) is 23.7 Å². The lowest BCUT2D eigenvalue weighted by molar-refractivity contribution is -0.529. The predicted molar refractivity (Wildman–Crippen MR) is 101 cm³/mol. The summed E-state index contributed by atoms with van der Waals surface area (Å²) in [5.74, 6) is -2.41. The average molecular weight is 402 g/mol. The van der Waals surface area contributed by atoms with Crippen molar-refractivity contribution in [1.29, 1.82) is 0 Å². The number of hydrogen-bond acceptors (Lipinski definition) is 6. The van der Waals surface area contributed by atoms with Crippen LogP contribution in [0.1, 0.15) is 47.0 Å². The van der Waals surface area contributed by atoms with Gasteiger partial charge in [-0.25, -0.2) is 0 Å². The molecule has 6 nitrogen and oxygen atoms in total. The molecule has 158 valence electrons. The molecule has 3 spiro atoms. The first-order valence-corrected chi connectivity index (χ1v) is 11.1. The molecule has 4 aliphatic carbocycles.